The van der Waals surface area contributed by atoms with Crippen molar-refractivity contribution in [2.75, 3.05) is 31.1 Å². The molecule has 1 N–H and O–H groups in total. The molecular formula is C20H29N5O. The summed E-state index contributed by atoms with van der Waals surface area (Å²) < 4.78 is 1.94. The first kappa shape index (κ1) is 18.3. The monoisotopic (exact) mass is 355 g/mol. The summed E-state index contributed by atoms with van der Waals surface area (Å²) in [5.74, 6) is 0. The van der Waals surface area contributed by atoms with Crippen LogP contribution >= 0.6 is 0 Å². The van der Waals surface area contributed by atoms with Crippen molar-refractivity contribution in [3.05, 3.63) is 47.3 Å². The zero-order valence-corrected chi connectivity index (χ0v) is 16.2. The average Bonchev–Trinajstić information content (AvgIpc) is 2.92. The summed E-state index contributed by atoms with van der Waals surface area (Å²) in [5.41, 5.74) is 4.63. The summed E-state index contributed by atoms with van der Waals surface area (Å²) in [5, 5.41) is 7.47. The molecule has 1 fully saturated rings. The Morgan fingerprint density at radius 2 is 1.92 bits per heavy atom. The van der Waals surface area contributed by atoms with E-state index in [0.29, 0.717) is 13.1 Å². The van der Waals surface area contributed by atoms with Crippen molar-refractivity contribution in [3.8, 4) is 0 Å². The highest BCUT2D eigenvalue weighted by Gasteiger charge is 2.27. The number of urea groups is 1. The van der Waals surface area contributed by atoms with E-state index in [0.717, 1.165) is 31.0 Å². The zero-order valence-electron chi connectivity index (χ0n) is 16.2. The maximum atomic E-state index is 12.5. The van der Waals surface area contributed by atoms with Gasteiger partial charge in [0.2, 0.25) is 0 Å². The first-order chi connectivity index (χ1) is 12.4. The highest BCUT2D eigenvalue weighted by molar-refractivity contribution is 5.75. The molecule has 1 atom stereocenters. The number of benzene rings is 1. The van der Waals surface area contributed by atoms with E-state index >= 15 is 0 Å². The molecule has 0 unspecified atom stereocenters. The molecule has 140 valence electrons. The van der Waals surface area contributed by atoms with Crippen LogP contribution in [0.2, 0.25) is 0 Å². The van der Waals surface area contributed by atoms with Crippen LogP contribution in [0, 0.1) is 20.8 Å². The zero-order chi connectivity index (χ0) is 18.7. The van der Waals surface area contributed by atoms with Crippen LogP contribution in [0.5, 0.6) is 0 Å². The van der Waals surface area contributed by atoms with Gasteiger partial charge in [0.05, 0.1) is 12.2 Å². The fourth-order valence-electron chi connectivity index (χ4n) is 3.52. The first-order valence-corrected chi connectivity index (χ1v) is 9.31. The molecule has 1 aromatic carbocycles. The molecule has 2 aromatic rings. The summed E-state index contributed by atoms with van der Waals surface area (Å²) >= 11 is 0. The number of nitrogens with zero attached hydrogens (tertiary/aromatic N) is 4. The van der Waals surface area contributed by atoms with Crippen LogP contribution in [0.4, 0.5) is 10.5 Å². The number of anilines is 1. The molecule has 6 heteroatoms. The van der Waals surface area contributed by atoms with Crippen LogP contribution in [0.3, 0.4) is 0 Å². The quantitative estimate of drug-likeness (QED) is 0.917. The Kier molecular flexibility index (Phi) is 5.49. The predicted octanol–water partition coefficient (Wildman–Crippen LogP) is 2.73. The van der Waals surface area contributed by atoms with Crippen molar-refractivity contribution >= 4 is 11.7 Å². The molecule has 1 aliphatic rings. The third kappa shape index (κ3) is 4.18. The molecule has 3 rings (SSSR count). The van der Waals surface area contributed by atoms with E-state index < -0.39 is 0 Å². The molecule has 26 heavy (non-hydrogen) atoms. The number of hydrogen-bond acceptors (Lipinski definition) is 3. The molecule has 1 aliphatic heterocycles. The summed E-state index contributed by atoms with van der Waals surface area (Å²) in [6.07, 6.45) is 0. The van der Waals surface area contributed by atoms with Gasteiger partial charge in [0.15, 0.2) is 0 Å². The third-order valence-electron chi connectivity index (χ3n) is 4.99. The number of nitrogens with one attached hydrogen (secondary N) is 1. The Morgan fingerprint density at radius 3 is 2.54 bits per heavy atom. The minimum atomic E-state index is 0.0163. The summed E-state index contributed by atoms with van der Waals surface area (Å²) in [6.45, 7) is 12.0. The standard InChI is InChI=1S/C20H29N5O/c1-15-5-7-19(8-6-15)23-11-12-24(18(4)14-23)20(26)21-9-10-25-17(3)13-16(2)22-25/h5-8,13,18H,9-12,14H2,1-4H3,(H,21,26)/t18-/m1/s1. The lowest BCUT2D eigenvalue weighted by Crippen LogP contribution is -2.56. The largest absolute Gasteiger partial charge is 0.368 e. The summed E-state index contributed by atoms with van der Waals surface area (Å²) in [7, 11) is 0. The predicted molar refractivity (Wildman–Crippen MR) is 105 cm³/mol. The van der Waals surface area contributed by atoms with E-state index in [-0.39, 0.29) is 12.1 Å². The van der Waals surface area contributed by atoms with Crippen LogP contribution in [-0.4, -0.2) is 52.9 Å². The Bertz CT molecular complexity index is 752. The Balaban J connectivity index is 1.49. The van der Waals surface area contributed by atoms with Gasteiger partial charge in [-0.15, -0.1) is 0 Å². The second kappa shape index (κ2) is 7.81. The van der Waals surface area contributed by atoms with Crippen molar-refractivity contribution < 1.29 is 4.79 Å². The maximum absolute atomic E-state index is 12.5. The van der Waals surface area contributed by atoms with Gasteiger partial charge in [-0.1, -0.05) is 17.7 Å². The summed E-state index contributed by atoms with van der Waals surface area (Å²) in [6, 6.07) is 10.8. The first-order valence-electron chi connectivity index (χ1n) is 9.31. The van der Waals surface area contributed by atoms with E-state index in [2.05, 4.69) is 53.4 Å². The van der Waals surface area contributed by atoms with Gasteiger partial charge in [0.25, 0.3) is 0 Å². The average molecular weight is 355 g/mol. The topological polar surface area (TPSA) is 53.4 Å². The second-order valence-electron chi connectivity index (χ2n) is 7.21. The van der Waals surface area contributed by atoms with E-state index in [1.807, 2.05) is 29.5 Å². The van der Waals surface area contributed by atoms with Gasteiger partial charge in [0, 0.05) is 43.6 Å². The minimum absolute atomic E-state index is 0.0163. The van der Waals surface area contributed by atoms with Crippen LogP contribution in [0.25, 0.3) is 0 Å². The van der Waals surface area contributed by atoms with Crippen LogP contribution in [-0.2, 0) is 6.54 Å². The third-order valence-corrected chi connectivity index (χ3v) is 4.99. The number of amides is 2. The number of hydrogen-bond donors (Lipinski definition) is 1. The van der Waals surface area contributed by atoms with Crippen LogP contribution in [0.1, 0.15) is 23.9 Å². The van der Waals surface area contributed by atoms with Crippen molar-refractivity contribution in [1.82, 2.24) is 20.0 Å². The molecular weight excluding hydrogens is 326 g/mol. The van der Waals surface area contributed by atoms with Crippen molar-refractivity contribution in [3.63, 3.8) is 0 Å². The van der Waals surface area contributed by atoms with Crippen molar-refractivity contribution in [1.29, 1.82) is 0 Å². The van der Waals surface area contributed by atoms with Crippen molar-refractivity contribution in [2.45, 2.75) is 40.3 Å². The fraction of sp³-hybridized carbons (Fsp3) is 0.500. The maximum Gasteiger partial charge on any atom is 0.317 e. The van der Waals surface area contributed by atoms with Gasteiger partial charge in [-0.3, -0.25) is 4.68 Å². The highest BCUT2D eigenvalue weighted by Crippen LogP contribution is 2.19. The molecule has 0 spiro atoms. The Morgan fingerprint density at radius 1 is 1.19 bits per heavy atom. The van der Waals surface area contributed by atoms with Crippen molar-refractivity contribution in [2.24, 2.45) is 0 Å². The van der Waals surface area contributed by atoms with E-state index in [1.165, 1.54) is 11.3 Å². The van der Waals surface area contributed by atoms with Gasteiger partial charge < -0.3 is 15.1 Å². The van der Waals surface area contributed by atoms with Gasteiger partial charge >= 0.3 is 6.03 Å². The number of rotatable bonds is 4. The van der Waals surface area contributed by atoms with Gasteiger partial charge in [-0.05, 0) is 45.9 Å². The molecule has 0 aliphatic carbocycles. The lowest BCUT2D eigenvalue weighted by Gasteiger charge is -2.41. The smallest absolute Gasteiger partial charge is 0.317 e. The molecule has 1 saturated heterocycles. The number of piperazine rings is 1. The SMILES string of the molecule is Cc1ccc(N2CCN(C(=O)NCCn3nc(C)cc3C)[C@H](C)C2)cc1. The van der Waals surface area contributed by atoms with E-state index in [4.69, 9.17) is 0 Å². The van der Waals surface area contributed by atoms with Gasteiger partial charge in [0.1, 0.15) is 0 Å². The second-order valence-corrected chi connectivity index (χ2v) is 7.21. The van der Waals surface area contributed by atoms with Gasteiger partial charge in [-0.2, -0.15) is 5.10 Å². The molecule has 0 radical (unpaired) electrons. The number of aromatic nitrogens is 2. The van der Waals surface area contributed by atoms with Crippen LogP contribution < -0.4 is 10.2 Å². The number of carbonyl (C=O) groups excluding carboxylic acids is 1. The lowest BCUT2D eigenvalue weighted by atomic mass is 10.1. The fourth-order valence-corrected chi connectivity index (χ4v) is 3.52. The Labute approximate surface area is 155 Å². The number of aryl methyl sites for hydroxylation is 3. The van der Waals surface area contributed by atoms with E-state index in [1.54, 1.807) is 0 Å². The van der Waals surface area contributed by atoms with E-state index in [9.17, 15) is 4.79 Å². The molecule has 0 bridgehead atoms. The normalized spacial score (nSPS) is 17.5. The molecule has 2 heterocycles. The lowest BCUT2D eigenvalue weighted by molar-refractivity contribution is 0.171. The minimum Gasteiger partial charge on any atom is -0.368 e. The van der Waals surface area contributed by atoms with Gasteiger partial charge in [-0.25, -0.2) is 4.79 Å². The molecule has 2 amide bonds. The van der Waals surface area contributed by atoms with Crippen LogP contribution in [0.15, 0.2) is 30.3 Å². The molecule has 6 nitrogen and oxygen atoms in total. The summed E-state index contributed by atoms with van der Waals surface area (Å²) in [4.78, 5) is 16.8. The number of carbonyl (C=O) groups is 1. The highest BCUT2D eigenvalue weighted by atomic mass is 16.2. The Hall–Kier alpha value is -2.50. The molecule has 1 aromatic heterocycles. The molecule has 0 saturated carbocycles.